The lowest BCUT2D eigenvalue weighted by molar-refractivity contribution is 0.101. The minimum atomic E-state index is -0.324. The molecule has 0 saturated heterocycles. The molecule has 0 amide bonds. The molecule has 104 valence electrons. The van der Waals surface area contributed by atoms with Gasteiger partial charge in [-0.05, 0) is 49.6 Å². The summed E-state index contributed by atoms with van der Waals surface area (Å²) in [6.07, 6.45) is 0. The zero-order valence-electron chi connectivity index (χ0n) is 11.9. The molecule has 2 rings (SSSR count). The minimum Gasteiger partial charge on any atom is -0.294 e. The first-order valence-corrected chi connectivity index (χ1v) is 7.46. The van der Waals surface area contributed by atoms with Crippen LogP contribution >= 0.6 is 11.8 Å². The van der Waals surface area contributed by atoms with E-state index in [1.165, 1.54) is 24.1 Å². The van der Waals surface area contributed by atoms with Crippen molar-refractivity contribution >= 4 is 17.5 Å². The Morgan fingerprint density at radius 2 is 1.85 bits per heavy atom. The quantitative estimate of drug-likeness (QED) is 0.585. The first kappa shape index (κ1) is 14.8. The van der Waals surface area contributed by atoms with E-state index in [-0.39, 0.29) is 11.6 Å². The van der Waals surface area contributed by atoms with Gasteiger partial charge in [0.1, 0.15) is 5.82 Å². The highest BCUT2D eigenvalue weighted by Crippen LogP contribution is 2.29. The summed E-state index contributed by atoms with van der Waals surface area (Å²) in [7, 11) is 0. The normalized spacial score (nSPS) is 10.6. The first-order chi connectivity index (χ1) is 9.49. The van der Waals surface area contributed by atoms with Crippen molar-refractivity contribution in [1.29, 1.82) is 0 Å². The van der Waals surface area contributed by atoms with Crippen molar-refractivity contribution in [1.82, 2.24) is 0 Å². The monoisotopic (exact) mass is 288 g/mol. The van der Waals surface area contributed by atoms with Crippen LogP contribution in [-0.2, 0) is 5.75 Å². The molecular weight excluding hydrogens is 271 g/mol. The first-order valence-electron chi connectivity index (χ1n) is 6.47. The number of benzene rings is 2. The van der Waals surface area contributed by atoms with E-state index in [1.807, 2.05) is 12.1 Å². The summed E-state index contributed by atoms with van der Waals surface area (Å²) in [5, 5.41) is 0. The minimum absolute atomic E-state index is 0.101. The largest absolute Gasteiger partial charge is 0.294 e. The lowest BCUT2D eigenvalue weighted by Gasteiger charge is -2.10. The molecule has 2 aromatic rings. The Morgan fingerprint density at radius 3 is 2.50 bits per heavy atom. The van der Waals surface area contributed by atoms with Gasteiger partial charge < -0.3 is 0 Å². The third-order valence-electron chi connectivity index (χ3n) is 3.28. The molecular formula is C17H17FOS. The van der Waals surface area contributed by atoms with E-state index in [1.54, 1.807) is 24.8 Å². The van der Waals surface area contributed by atoms with Gasteiger partial charge in [0.05, 0.1) is 0 Å². The molecule has 0 N–H and O–H groups in total. The van der Waals surface area contributed by atoms with Crippen molar-refractivity contribution in [2.45, 2.75) is 31.4 Å². The van der Waals surface area contributed by atoms with Crippen LogP contribution in [-0.4, -0.2) is 5.78 Å². The fraction of sp³-hybridized carbons (Fsp3) is 0.235. The number of carbonyl (C=O) groups excluding carboxylic acids is 1. The topological polar surface area (TPSA) is 17.1 Å². The maximum Gasteiger partial charge on any atom is 0.161 e. The molecule has 0 aromatic heterocycles. The highest BCUT2D eigenvalue weighted by atomic mass is 32.2. The molecule has 3 heteroatoms. The lowest BCUT2D eigenvalue weighted by atomic mass is 10.1. The molecule has 0 bridgehead atoms. The summed E-state index contributed by atoms with van der Waals surface area (Å²) in [4.78, 5) is 12.5. The molecule has 2 aromatic carbocycles. The van der Waals surface area contributed by atoms with E-state index in [9.17, 15) is 9.18 Å². The van der Waals surface area contributed by atoms with Crippen LogP contribution in [0, 0.1) is 19.7 Å². The van der Waals surface area contributed by atoms with Crippen LogP contribution < -0.4 is 0 Å². The van der Waals surface area contributed by atoms with E-state index in [0.29, 0.717) is 11.1 Å². The second-order valence-electron chi connectivity index (χ2n) is 4.87. The molecule has 0 saturated carbocycles. The molecule has 0 aliphatic carbocycles. The van der Waals surface area contributed by atoms with Crippen molar-refractivity contribution < 1.29 is 9.18 Å². The molecule has 1 nitrogen and oxygen atoms in total. The Hall–Kier alpha value is -1.61. The molecule has 0 aliphatic heterocycles. The summed E-state index contributed by atoms with van der Waals surface area (Å²) >= 11 is 1.58. The smallest absolute Gasteiger partial charge is 0.161 e. The van der Waals surface area contributed by atoms with Crippen LogP contribution in [0.2, 0.25) is 0 Å². The Morgan fingerprint density at radius 1 is 1.15 bits per heavy atom. The molecule has 0 heterocycles. The zero-order valence-corrected chi connectivity index (χ0v) is 12.7. The molecule has 0 atom stereocenters. The summed E-state index contributed by atoms with van der Waals surface area (Å²) in [6, 6.07) is 11.3. The number of aryl methyl sites for hydroxylation is 2. The van der Waals surface area contributed by atoms with Crippen LogP contribution in [0.4, 0.5) is 4.39 Å². The Kier molecular flexibility index (Phi) is 4.61. The van der Waals surface area contributed by atoms with E-state index in [4.69, 9.17) is 0 Å². The van der Waals surface area contributed by atoms with E-state index in [2.05, 4.69) is 19.1 Å². The van der Waals surface area contributed by atoms with Crippen LogP contribution in [0.1, 0.15) is 34.0 Å². The van der Waals surface area contributed by atoms with Crippen molar-refractivity contribution in [2.24, 2.45) is 0 Å². The van der Waals surface area contributed by atoms with Crippen molar-refractivity contribution in [3.63, 3.8) is 0 Å². The number of Topliss-reactive ketones (excluding diaryl/α,β-unsaturated/α-hetero) is 1. The van der Waals surface area contributed by atoms with Gasteiger partial charge in [-0.25, -0.2) is 4.39 Å². The van der Waals surface area contributed by atoms with Crippen LogP contribution in [0.5, 0.6) is 0 Å². The average Bonchev–Trinajstić information content (AvgIpc) is 2.41. The van der Waals surface area contributed by atoms with Gasteiger partial charge in [-0.1, -0.05) is 24.3 Å². The van der Waals surface area contributed by atoms with Crippen molar-refractivity contribution in [3.05, 3.63) is 64.5 Å². The summed E-state index contributed by atoms with van der Waals surface area (Å²) in [5.74, 6) is 0.351. The summed E-state index contributed by atoms with van der Waals surface area (Å²) in [6.45, 7) is 5.26. The van der Waals surface area contributed by atoms with Crippen LogP contribution in [0.25, 0.3) is 0 Å². The summed E-state index contributed by atoms with van der Waals surface area (Å²) in [5.41, 5.74) is 3.49. The predicted octanol–water partition coefficient (Wildman–Crippen LogP) is 4.94. The second kappa shape index (κ2) is 6.23. The van der Waals surface area contributed by atoms with Crippen LogP contribution in [0.15, 0.2) is 41.3 Å². The fourth-order valence-corrected chi connectivity index (χ4v) is 3.23. The fourth-order valence-electron chi connectivity index (χ4n) is 1.98. The van der Waals surface area contributed by atoms with E-state index in [0.717, 1.165) is 10.6 Å². The van der Waals surface area contributed by atoms with E-state index < -0.39 is 0 Å². The van der Waals surface area contributed by atoms with Gasteiger partial charge in [-0.2, -0.15) is 0 Å². The molecule has 20 heavy (non-hydrogen) atoms. The Balaban J connectivity index is 2.27. The molecule has 0 unspecified atom stereocenters. The average molecular weight is 288 g/mol. The zero-order chi connectivity index (χ0) is 14.7. The number of hydrogen-bond acceptors (Lipinski definition) is 2. The standard InChI is InChI=1S/C17H17FOS/c1-11-6-4-5-7-14(11)10-20-17-8-12(2)16(18)9-15(17)13(3)19/h4-9H,10H2,1-3H3. The van der Waals surface area contributed by atoms with Crippen molar-refractivity contribution in [2.75, 3.05) is 0 Å². The van der Waals surface area contributed by atoms with Gasteiger partial charge in [0.15, 0.2) is 5.78 Å². The highest BCUT2D eigenvalue weighted by molar-refractivity contribution is 7.98. The Labute approximate surface area is 123 Å². The van der Waals surface area contributed by atoms with Gasteiger partial charge >= 0.3 is 0 Å². The molecule has 0 fully saturated rings. The maximum absolute atomic E-state index is 13.6. The predicted molar refractivity (Wildman–Crippen MR) is 81.9 cm³/mol. The number of thioether (sulfide) groups is 1. The van der Waals surface area contributed by atoms with Gasteiger partial charge in [0.2, 0.25) is 0 Å². The molecule has 0 aliphatic rings. The maximum atomic E-state index is 13.6. The second-order valence-corrected chi connectivity index (χ2v) is 5.89. The number of rotatable bonds is 4. The Bertz CT molecular complexity index is 649. The SMILES string of the molecule is CC(=O)c1cc(F)c(C)cc1SCc1ccccc1C. The number of halogens is 1. The van der Waals surface area contributed by atoms with Crippen LogP contribution in [0.3, 0.4) is 0 Å². The van der Waals surface area contributed by atoms with Gasteiger partial charge in [-0.15, -0.1) is 11.8 Å². The van der Waals surface area contributed by atoms with Gasteiger partial charge in [0.25, 0.3) is 0 Å². The van der Waals surface area contributed by atoms with Crippen molar-refractivity contribution in [3.8, 4) is 0 Å². The number of ketones is 1. The third kappa shape index (κ3) is 3.28. The summed E-state index contributed by atoms with van der Waals surface area (Å²) < 4.78 is 13.6. The van der Waals surface area contributed by atoms with E-state index >= 15 is 0 Å². The van der Waals surface area contributed by atoms with Gasteiger partial charge in [-0.3, -0.25) is 4.79 Å². The molecule has 0 radical (unpaired) electrons. The number of hydrogen-bond donors (Lipinski definition) is 0. The molecule has 0 spiro atoms. The highest BCUT2D eigenvalue weighted by Gasteiger charge is 2.12. The third-order valence-corrected chi connectivity index (χ3v) is 4.39. The number of carbonyl (C=O) groups is 1. The lowest BCUT2D eigenvalue weighted by Crippen LogP contribution is -1.99. The van der Waals surface area contributed by atoms with Gasteiger partial charge in [0, 0.05) is 16.2 Å².